The minimum absolute atomic E-state index is 0. The largest absolute Gasteiger partial charge is 0.870 e. The fourth-order valence-corrected chi connectivity index (χ4v) is 6.99. The van der Waals surface area contributed by atoms with E-state index < -0.39 is 0 Å². The van der Waals surface area contributed by atoms with Crippen LogP contribution in [-0.4, -0.2) is 41.4 Å². The molecule has 5 rings (SSSR count). The van der Waals surface area contributed by atoms with Crippen molar-refractivity contribution in [3.05, 3.63) is 93.3 Å². The maximum atomic E-state index is 13.6. The number of aromatic hydroxyl groups is 2. The van der Waals surface area contributed by atoms with Gasteiger partial charge in [0.15, 0.2) is 0 Å². The maximum absolute atomic E-state index is 13.6. The van der Waals surface area contributed by atoms with Crippen molar-refractivity contribution in [2.24, 2.45) is 0 Å². The number of anilines is 1. The summed E-state index contributed by atoms with van der Waals surface area (Å²) in [4.78, 5) is 17.1. The van der Waals surface area contributed by atoms with Crippen molar-refractivity contribution in [3.63, 3.8) is 0 Å². The number of esters is 1. The number of aryl methyl sites for hydroxylation is 3. The monoisotopic (exact) mass is 708 g/mol. The van der Waals surface area contributed by atoms with Crippen LogP contribution in [-0.2, 0) is 11.2 Å². The van der Waals surface area contributed by atoms with Crippen LogP contribution in [0.4, 0.5) is 5.69 Å². The summed E-state index contributed by atoms with van der Waals surface area (Å²) in [6.45, 7) is 14.0. The average molecular weight is 709 g/mol. The van der Waals surface area contributed by atoms with E-state index in [4.69, 9.17) is 9.15 Å². The second-order valence-electron chi connectivity index (χ2n) is 13.8. The Morgan fingerprint density at radius 2 is 1.50 bits per heavy atom. The Bertz CT molecular complexity index is 2030. The van der Waals surface area contributed by atoms with Gasteiger partial charge in [-0.1, -0.05) is 56.7 Å². The van der Waals surface area contributed by atoms with E-state index in [-0.39, 0.29) is 17.2 Å². The lowest BCUT2D eigenvalue weighted by Crippen LogP contribution is -2.76. The molecule has 8 nitrogen and oxygen atoms in total. The van der Waals surface area contributed by atoms with Gasteiger partial charge in [-0.3, -0.25) is 0 Å². The highest BCUT2D eigenvalue weighted by molar-refractivity contribution is 6.08. The van der Waals surface area contributed by atoms with Crippen molar-refractivity contribution in [3.8, 4) is 33.9 Å². The van der Waals surface area contributed by atoms with Crippen LogP contribution in [0.2, 0.25) is 0 Å². The van der Waals surface area contributed by atoms with Gasteiger partial charge in [0.2, 0.25) is 5.36 Å². The van der Waals surface area contributed by atoms with Crippen LogP contribution < -0.4 is 15.7 Å². The number of fused-ring (bicyclic) bond motifs is 2. The minimum Gasteiger partial charge on any atom is -0.870 e. The fraction of sp³-hybridized carbons (Fsp3) is 0.409. The third-order valence-corrected chi connectivity index (χ3v) is 10.1. The molecule has 0 aromatic heterocycles. The van der Waals surface area contributed by atoms with Crippen molar-refractivity contribution in [1.82, 2.24) is 0 Å². The molecule has 2 aliphatic rings. The average Bonchev–Trinajstić information content (AvgIpc) is 3.12. The Labute approximate surface area is 308 Å². The number of ether oxygens (including phenoxy) is 1. The Hall–Kier alpha value is -4.82. The molecule has 5 N–H and O–H groups in total. The summed E-state index contributed by atoms with van der Waals surface area (Å²) in [5, 5.41) is 25.9. The Balaban J connectivity index is 0.00000605. The molecular weight excluding hydrogens is 652 g/mol. The molecule has 0 atom stereocenters. The zero-order valence-electron chi connectivity index (χ0n) is 31.7. The van der Waals surface area contributed by atoms with E-state index >= 15 is 0 Å². The van der Waals surface area contributed by atoms with Crippen LogP contribution in [0, 0.1) is 27.7 Å². The van der Waals surface area contributed by atoms with Crippen molar-refractivity contribution >= 4 is 22.6 Å². The van der Waals surface area contributed by atoms with Crippen LogP contribution in [0.15, 0.2) is 59.0 Å². The summed E-state index contributed by atoms with van der Waals surface area (Å²) in [7, 11) is 0. The van der Waals surface area contributed by atoms with Crippen LogP contribution >= 0.6 is 0 Å². The standard InChI is InChI=1S/C44H54N2O5.H2O/c1-7-45-37-26-40-35(23-28(37)3)42(36-24-29(4)38(46-8-2)27-41(36)51-40)33-20-16-17-21-34(33)44(49)50-22-18-14-12-10-9-11-13-15-19-32-25-39(47)30(5)31(6)43(32)48;/h16-17,20-21,23-27,45,47-48H,7-15,18-19,22H2,1-6H3;1H2. The first-order chi connectivity index (χ1) is 24.6. The molecule has 0 spiro atoms. The molecule has 0 unspecified atom stereocenters. The van der Waals surface area contributed by atoms with E-state index in [2.05, 4.69) is 62.3 Å². The van der Waals surface area contributed by atoms with Gasteiger partial charge >= 0.3 is 5.97 Å². The third-order valence-electron chi connectivity index (χ3n) is 10.1. The lowest BCUT2D eigenvalue weighted by Gasteiger charge is -2.19. The molecule has 52 heavy (non-hydrogen) atoms. The van der Waals surface area contributed by atoms with Crippen LogP contribution in [0.1, 0.15) is 103 Å². The van der Waals surface area contributed by atoms with Gasteiger partial charge in [0.05, 0.1) is 18.2 Å². The number of rotatable bonds is 16. The van der Waals surface area contributed by atoms with Gasteiger partial charge in [-0.25, -0.2) is 9.79 Å². The number of hydrogen-bond acceptors (Lipinski definition) is 7. The predicted molar refractivity (Wildman–Crippen MR) is 209 cm³/mol. The molecule has 1 aliphatic heterocycles. The van der Waals surface area contributed by atoms with E-state index in [9.17, 15) is 15.0 Å². The van der Waals surface area contributed by atoms with Crippen molar-refractivity contribution in [2.75, 3.05) is 25.0 Å². The number of carbonyl (C=O) groups excluding carboxylic acids is 1. The quantitative estimate of drug-likeness (QED) is 0.0349. The Morgan fingerprint density at radius 1 is 0.808 bits per heavy atom. The van der Waals surface area contributed by atoms with E-state index in [0.29, 0.717) is 17.9 Å². The normalized spacial score (nSPS) is 11.6. The van der Waals surface area contributed by atoms with Crippen molar-refractivity contribution in [2.45, 2.75) is 99.3 Å². The van der Waals surface area contributed by atoms with Gasteiger partial charge < -0.3 is 30.2 Å². The highest BCUT2D eigenvalue weighted by Gasteiger charge is 2.24. The summed E-state index contributed by atoms with van der Waals surface area (Å²) in [5.41, 5.74) is 9.66. The lowest BCUT2D eigenvalue weighted by atomic mass is 9.89. The maximum Gasteiger partial charge on any atom is 0.338 e. The first-order valence-corrected chi connectivity index (χ1v) is 18.7. The number of benzene rings is 4. The molecule has 0 saturated carbocycles. The number of hydrogen-bond donors (Lipinski definition) is 4. The molecule has 0 fully saturated rings. The summed E-state index contributed by atoms with van der Waals surface area (Å²) < 4.78 is 12.4. The van der Waals surface area contributed by atoms with Gasteiger partial charge in [-0.05, 0) is 113 Å². The Morgan fingerprint density at radius 3 is 2.21 bits per heavy atom. The summed E-state index contributed by atoms with van der Waals surface area (Å²) >= 11 is 0. The smallest absolute Gasteiger partial charge is 0.338 e. The number of phenols is 2. The molecule has 1 aliphatic carbocycles. The van der Waals surface area contributed by atoms with E-state index in [1.165, 1.54) is 0 Å². The third kappa shape index (κ3) is 9.15. The van der Waals surface area contributed by atoms with Gasteiger partial charge in [0.25, 0.3) is 0 Å². The van der Waals surface area contributed by atoms with E-state index in [1.807, 2.05) is 38.1 Å². The zero-order chi connectivity index (χ0) is 36.5. The van der Waals surface area contributed by atoms with Crippen molar-refractivity contribution in [1.29, 1.82) is 0 Å². The first-order valence-electron chi connectivity index (χ1n) is 18.7. The van der Waals surface area contributed by atoms with Gasteiger partial charge in [0.1, 0.15) is 29.4 Å². The van der Waals surface area contributed by atoms with Crippen molar-refractivity contribution < 1.29 is 34.6 Å². The second kappa shape index (κ2) is 18.6. The number of carbonyl (C=O) groups is 1. The molecule has 278 valence electrons. The number of nitrogens with one attached hydrogen (secondary N) is 2. The van der Waals surface area contributed by atoms with Crippen LogP contribution in [0.5, 0.6) is 11.5 Å². The predicted octanol–water partition coefficient (Wildman–Crippen LogP) is 8.63. The molecule has 3 aromatic carbocycles. The van der Waals surface area contributed by atoms with Gasteiger partial charge in [-0.15, -0.1) is 0 Å². The van der Waals surface area contributed by atoms with E-state index in [1.54, 1.807) is 6.07 Å². The molecule has 8 heteroatoms. The second-order valence-corrected chi connectivity index (χ2v) is 13.8. The number of phenolic OH excluding ortho intramolecular Hbond substituents is 2. The molecular formula is C44H56N2O6. The van der Waals surface area contributed by atoms with Gasteiger partial charge in [-0.2, -0.15) is 0 Å². The molecule has 0 radical (unpaired) electrons. The summed E-state index contributed by atoms with van der Waals surface area (Å²) in [5.74, 6) is 1.02. The topological polar surface area (TPSA) is 136 Å². The van der Waals surface area contributed by atoms with E-state index in [0.717, 1.165) is 143 Å². The fourth-order valence-electron chi connectivity index (χ4n) is 6.99. The lowest BCUT2D eigenvalue weighted by molar-refractivity contribution is -0.496. The molecule has 3 aromatic rings. The molecule has 0 amide bonds. The summed E-state index contributed by atoms with van der Waals surface area (Å²) in [6.07, 6.45) is 9.26. The van der Waals surface area contributed by atoms with Gasteiger partial charge in [0, 0.05) is 40.4 Å². The molecule has 1 heterocycles. The SMILES string of the molecule is CCNc1cc2oc3cc(=[NH+]CC)c(C)cc-3c(-c3ccccc3C(=O)OCCCCCCCCCCc3cc(O)c(C)c(C)c3O)c2cc1C.[OH-]. The summed E-state index contributed by atoms with van der Waals surface area (Å²) in [6, 6.07) is 17.9. The van der Waals surface area contributed by atoms with Crippen LogP contribution in [0.3, 0.4) is 0 Å². The highest BCUT2D eigenvalue weighted by Crippen LogP contribution is 2.43. The van der Waals surface area contributed by atoms with Crippen LogP contribution in [0.25, 0.3) is 33.4 Å². The zero-order valence-corrected chi connectivity index (χ0v) is 31.7. The highest BCUT2D eigenvalue weighted by atomic mass is 16.5. The number of unbranched alkanes of at least 4 members (excludes halogenated alkanes) is 7. The molecule has 0 bridgehead atoms. The minimum atomic E-state index is -0.308. The first kappa shape index (κ1) is 40.0. The Kier molecular flexibility index (Phi) is 14.3. The molecule has 0 saturated heterocycles.